The zero-order valence-electron chi connectivity index (χ0n) is 15.2. The molecule has 3 N–H and O–H groups in total. The third-order valence-electron chi connectivity index (χ3n) is 4.34. The molecule has 0 saturated carbocycles. The number of anilines is 2. The van der Waals surface area contributed by atoms with Crippen LogP contribution in [0.5, 0.6) is 0 Å². The smallest absolute Gasteiger partial charge is 0.381 e. The number of carbonyl (C=O) groups excluding carboxylic acids is 1. The fraction of sp³-hybridized carbons (Fsp3) is 0.438. The molecule has 1 saturated heterocycles. The summed E-state index contributed by atoms with van der Waals surface area (Å²) in [5, 5.41) is 10.3. The number of alkyl halides is 3. The number of aromatic nitrogens is 4. The van der Waals surface area contributed by atoms with Crippen molar-refractivity contribution in [2.75, 3.05) is 49.5 Å². The number of nitrogens with zero attached hydrogens (tertiary/aromatic N) is 5. The summed E-state index contributed by atoms with van der Waals surface area (Å²) < 4.78 is 38.9. The van der Waals surface area contributed by atoms with Crippen molar-refractivity contribution in [3.8, 4) is 0 Å². The van der Waals surface area contributed by atoms with Gasteiger partial charge in [-0.15, -0.1) is 0 Å². The number of aromatic amines is 1. The second-order valence-electron chi connectivity index (χ2n) is 6.22. The topological polar surface area (TPSA) is 119 Å². The SMILES string of the molecule is O=C(NCCNc1cn[nH]c(=O)c1C(F)(F)F)N1CCN(c2cncnc2)CC1. The van der Waals surface area contributed by atoms with Crippen molar-refractivity contribution < 1.29 is 18.0 Å². The van der Waals surface area contributed by atoms with Gasteiger partial charge in [-0.1, -0.05) is 0 Å². The maximum Gasteiger partial charge on any atom is 0.423 e. The molecule has 0 radical (unpaired) electrons. The summed E-state index contributed by atoms with van der Waals surface area (Å²) in [6, 6.07) is -0.309. The van der Waals surface area contributed by atoms with E-state index in [0.29, 0.717) is 26.2 Å². The lowest BCUT2D eigenvalue weighted by molar-refractivity contribution is -0.138. The van der Waals surface area contributed by atoms with Crippen LogP contribution in [0, 0.1) is 0 Å². The predicted molar refractivity (Wildman–Crippen MR) is 97.6 cm³/mol. The van der Waals surface area contributed by atoms with E-state index in [9.17, 15) is 22.8 Å². The van der Waals surface area contributed by atoms with Crippen LogP contribution in [0.15, 0.2) is 29.7 Å². The molecule has 3 heterocycles. The summed E-state index contributed by atoms with van der Waals surface area (Å²) in [4.78, 5) is 35.2. The first-order chi connectivity index (χ1) is 13.9. The second-order valence-corrected chi connectivity index (χ2v) is 6.22. The van der Waals surface area contributed by atoms with E-state index in [2.05, 4.69) is 30.6 Å². The van der Waals surface area contributed by atoms with Gasteiger partial charge in [0.15, 0.2) is 0 Å². The van der Waals surface area contributed by atoms with Crippen molar-refractivity contribution in [1.29, 1.82) is 0 Å². The number of nitrogens with one attached hydrogen (secondary N) is 3. The molecule has 10 nitrogen and oxygen atoms in total. The number of rotatable bonds is 5. The van der Waals surface area contributed by atoms with Gasteiger partial charge >= 0.3 is 12.2 Å². The molecule has 1 aliphatic heterocycles. The van der Waals surface area contributed by atoms with Crippen LogP contribution in [0.25, 0.3) is 0 Å². The van der Waals surface area contributed by atoms with E-state index in [1.807, 2.05) is 0 Å². The number of H-pyrrole nitrogens is 1. The van der Waals surface area contributed by atoms with Gasteiger partial charge in [-0.25, -0.2) is 19.9 Å². The van der Waals surface area contributed by atoms with Crippen LogP contribution in [0.3, 0.4) is 0 Å². The van der Waals surface area contributed by atoms with Crippen molar-refractivity contribution in [2.24, 2.45) is 0 Å². The third kappa shape index (κ3) is 5.12. The van der Waals surface area contributed by atoms with Crippen molar-refractivity contribution in [3.05, 3.63) is 40.8 Å². The Hall–Kier alpha value is -3.38. The van der Waals surface area contributed by atoms with E-state index >= 15 is 0 Å². The van der Waals surface area contributed by atoms with Gasteiger partial charge in [0.05, 0.1) is 30.0 Å². The minimum Gasteiger partial charge on any atom is -0.381 e. The first kappa shape index (κ1) is 20.4. The monoisotopic (exact) mass is 412 g/mol. The number of amides is 2. The highest BCUT2D eigenvalue weighted by molar-refractivity contribution is 5.74. The molecule has 0 aliphatic carbocycles. The van der Waals surface area contributed by atoms with Gasteiger partial charge in [0.1, 0.15) is 11.9 Å². The standard InChI is InChI=1S/C16H19F3N8O2/c17-16(18,19)13-12(9-24-25-14(13)28)22-1-2-23-15(29)27-5-3-26(4-6-27)11-7-20-10-21-8-11/h7-10H,1-6H2,(H,23,29)(H2,22,25,28). The average molecular weight is 412 g/mol. The van der Waals surface area contributed by atoms with Gasteiger partial charge in [-0.05, 0) is 0 Å². The van der Waals surface area contributed by atoms with Gasteiger partial charge in [-0.2, -0.15) is 18.3 Å². The summed E-state index contributed by atoms with van der Waals surface area (Å²) in [6.07, 6.45) is 0.922. The van der Waals surface area contributed by atoms with Crippen LogP contribution in [0.2, 0.25) is 0 Å². The zero-order chi connectivity index (χ0) is 20.9. The molecule has 2 amide bonds. The normalized spacial score (nSPS) is 14.6. The van der Waals surface area contributed by atoms with E-state index in [1.54, 1.807) is 22.4 Å². The molecule has 1 aliphatic rings. The molecule has 156 valence electrons. The Kier molecular flexibility index (Phi) is 6.14. The molecule has 3 rings (SSSR count). The van der Waals surface area contributed by atoms with Crippen molar-refractivity contribution >= 4 is 17.4 Å². The lowest BCUT2D eigenvalue weighted by Crippen LogP contribution is -2.52. The Morgan fingerprint density at radius 1 is 1.10 bits per heavy atom. The number of halogens is 3. The number of hydrogen-bond acceptors (Lipinski definition) is 7. The van der Waals surface area contributed by atoms with Gasteiger partial charge in [0.25, 0.3) is 5.56 Å². The molecule has 13 heteroatoms. The molecule has 0 spiro atoms. The highest BCUT2D eigenvalue weighted by Gasteiger charge is 2.37. The minimum absolute atomic E-state index is 0.00126. The molecular formula is C16H19F3N8O2. The first-order valence-electron chi connectivity index (χ1n) is 8.78. The largest absolute Gasteiger partial charge is 0.423 e. The van der Waals surface area contributed by atoms with Gasteiger partial charge in [0.2, 0.25) is 0 Å². The van der Waals surface area contributed by atoms with Crippen LogP contribution in [-0.2, 0) is 6.18 Å². The Morgan fingerprint density at radius 2 is 1.79 bits per heavy atom. The lowest BCUT2D eigenvalue weighted by atomic mass is 10.2. The maximum absolute atomic E-state index is 13.0. The van der Waals surface area contributed by atoms with Gasteiger partial charge in [-0.3, -0.25) is 4.79 Å². The van der Waals surface area contributed by atoms with E-state index in [0.717, 1.165) is 11.9 Å². The van der Waals surface area contributed by atoms with E-state index < -0.39 is 23.0 Å². The molecule has 0 unspecified atom stereocenters. The summed E-state index contributed by atoms with van der Waals surface area (Å²) in [5.74, 6) is 0. The van der Waals surface area contributed by atoms with E-state index in [4.69, 9.17) is 0 Å². The first-order valence-corrected chi connectivity index (χ1v) is 8.78. The highest BCUT2D eigenvalue weighted by Crippen LogP contribution is 2.31. The molecule has 0 bridgehead atoms. The molecule has 2 aromatic heterocycles. The number of urea groups is 1. The van der Waals surface area contributed by atoms with Crippen molar-refractivity contribution in [1.82, 2.24) is 30.4 Å². The van der Waals surface area contributed by atoms with Crippen molar-refractivity contribution in [2.45, 2.75) is 6.18 Å². The average Bonchev–Trinajstić information content (AvgIpc) is 2.71. The van der Waals surface area contributed by atoms with Crippen molar-refractivity contribution in [3.63, 3.8) is 0 Å². The Balaban J connectivity index is 1.45. The fourth-order valence-electron chi connectivity index (χ4n) is 2.91. The molecule has 29 heavy (non-hydrogen) atoms. The molecular weight excluding hydrogens is 393 g/mol. The van der Waals surface area contributed by atoms with Crippen LogP contribution in [0.4, 0.5) is 29.3 Å². The Morgan fingerprint density at radius 3 is 2.45 bits per heavy atom. The minimum atomic E-state index is -4.81. The molecule has 2 aromatic rings. The van der Waals surface area contributed by atoms with Crippen LogP contribution >= 0.6 is 0 Å². The van der Waals surface area contributed by atoms with E-state index in [1.165, 1.54) is 6.33 Å². The highest BCUT2D eigenvalue weighted by atomic mass is 19.4. The molecule has 0 atom stereocenters. The molecule has 1 fully saturated rings. The summed E-state index contributed by atoms with van der Waals surface area (Å²) in [7, 11) is 0. The van der Waals surface area contributed by atoms with Crippen LogP contribution in [-0.4, -0.2) is 70.4 Å². The van der Waals surface area contributed by atoms with Crippen LogP contribution in [0.1, 0.15) is 5.56 Å². The summed E-state index contributed by atoms with van der Waals surface area (Å²) in [5.41, 5.74) is -2.23. The Labute approximate surface area is 163 Å². The summed E-state index contributed by atoms with van der Waals surface area (Å²) >= 11 is 0. The second kappa shape index (κ2) is 8.75. The van der Waals surface area contributed by atoms with Gasteiger partial charge < -0.3 is 20.4 Å². The third-order valence-corrected chi connectivity index (χ3v) is 4.34. The number of hydrogen-bond donors (Lipinski definition) is 3. The Bertz CT molecular complexity index is 882. The predicted octanol–water partition coefficient (Wildman–Crippen LogP) is 0.522. The molecule has 0 aromatic carbocycles. The zero-order valence-corrected chi connectivity index (χ0v) is 15.2. The fourth-order valence-corrected chi connectivity index (χ4v) is 2.91. The number of carbonyl (C=O) groups is 1. The van der Waals surface area contributed by atoms with E-state index in [-0.39, 0.29) is 19.1 Å². The lowest BCUT2D eigenvalue weighted by Gasteiger charge is -2.35. The van der Waals surface area contributed by atoms with Gasteiger partial charge in [0, 0.05) is 39.3 Å². The van der Waals surface area contributed by atoms with Crippen LogP contribution < -0.4 is 21.1 Å². The summed E-state index contributed by atoms with van der Waals surface area (Å²) in [6.45, 7) is 2.30. The maximum atomic E-state index is 13.0. The quantitative estimate of drug-likeness (QED) is 0.613. The number of piperazine rings is 1.